The van der Waals surface area contributed by atoms with Crippen molar-refractivity contribution in [1.82, 2.24) is 4.90 Å². The van der Waals surface area contributed by atoms with Crippen LogP contribution in [-0.4, -0.2) is 42.1 Å². The van der Waals surface area contributed by atoms with Gasteiger partial charge in [-0.3, -0.25) is 4.79 Å². The number of nitrogens with zero attached hydrogens (tertiary/aromatic N) is 1. The highest BCUT2D eigenvalue weighted by atomic mass is 35.5. The normalized spacial score (nSPS) is 18.7. The summed E-state index contributed by atoms with van der Waals surface area (Å²) in [5.41, 5.74) is -0.175. The Labute approximate surface area is 157 Å². The molecule has 0 unspecified atom stereocenters. The maximum Gasteiger partial charge on any atom is 0.409 e. The molecule has 7 heteroatoms. The van der Waals surface area contributed by atoms with Gasteiger partial charge in [-0.2, -0.15) is 0 Å². The van der Waals surface area contributed by atoms with Gasteiger partial charge in [0.15, 0.2) is 5.78 Å². The summed E-state index contributed by atoms with van der Waals surface area (Å²) in [5.74, 6) is 0.380. The summed E-state index contributed by atoms with van der Waals surface area (Å²) in [5, 5.41) is 0.762. The fraction of sp³-hybridized carbons (Fsp3) is 0.556. The molecule has 1 fully saturated rings. The van der Waals surface area contributed by atoms with Crippen LogP contribution in [0.2, 0.25) is 10.0 Å². The number of rotatable bonds is 3. The zero-order valence-electron chi connectivity index (χ0n) is 14.1. The number of Topliss-reactive ketones (excluding diaryl/α,β-unsaturated/α-hetero) is 1. The van der Waals surface area contributed by atoms with E-state index in [0.29, 0.717) is 53.9 Å². The number of halogens is 2. The molecule has 0 bridgehead atoms. The van der Waals surface area contributed by atoms with Gasteiger partial charge >= 0.3 is 6.09 Å². The number of hydrogen-bond acceptors (Lipinski definition) is 4. The summed E-state index contributed by atoms with van der Waals surface area (Å²) < 4.78 is 11.4. The molecule has 0 aromatic heterocycles. The summed E-state index contributed by atoms with van der Waals surface area (Å²) in [6.07, 6.45) is 2.96. The molecular formula is C18H21Cl2NO4. The molecule has 1 aromatic rings. The minimum atomic E-state index is -0.609. The largest absolute Gasteiger partial charge is 0.484 e. The molecule has 0 N–H and O–H groups in total. The van der Waals surface area contributed by atoms with Crippen molar-refractivity contribution in [1.29, 1.82) is 0 Å². The molecule has 3 rings (SSSR count). The second-order valence-corrected chi connectivity index (χ2v) is 7.45. The molecule has 1 spiro atoms. The van der Waals surface area contributed by atoms with E-state index in [9.17, 15) is 9.59 Å². The van der Waals surface area contributed by atoms with Crippen LogP contribution in [0.4, 0.5) is 4.79 Å². The third kappa shape index (κ3) is 3.87. The first-order valence-electron chi connectivity index (χ1n) is 8.57. The molecule has 0 saturated carbocycles. The third-order valence-electron chi connectivity index (χ3n) is 4.77. The van der Waals surface area contributed by atoms with Crippen molar-refractivity contribution >= 4 is 35.1 Å². The molecule has 136 valence electrons. The van der Waals surface area contributed by atoms with Gasteiger partial charge in [0.25, 0.3) is 0 Å². The molecule has 1 amide bonds. The monoisotopic (exact) mass is 385 g/mol. The van der Waals surface area contributed by atoms with Crippen molar-refractivity contribution in [3.8, 4) is 5.75 Å². The molecule has 0 aliphatic carbocycles. The standard InChI is InChI=1S/C18H21Cl2NO4/c1-2-3-8-24-17(23)21-6-4-18(5-7-21)11-15(22)13-9-12(19)10-14(20)16(13)25-18/h9-10H,2-8,11H2,1H3. The van der Waals surface area contributed by atoms with Gasteiger partial charge in [-0.25, -0.2) is 4.79 Å². The van der Waals surface area contributed by atoms with Gasteiger partial charge < -0.3 is 14.4 Å². The van der Waals surface area contributed by atoms with E-state index in [1.807, 2.05) is 6.92 Å². The summed E-state index contributed by atoms with van der Waals surface area (Å²) >= 11 is 12.2. The van der Waals surface area contributed by atoms with E-state index in [4.69, 9.17) is 32.7 Å². The average molecular weight is 386 g/mol. The van der Waals surface area contributed by atoms with Crippen LogP contribution >= 0.6 is 23.2 Å². The molecule has 5 nitrogen and oxygen atoms in total. The van der Waals surface area contributed by atoms with E-state index in [0.717, 1.165) is 12.8 Å². The van der Waals surface area contributed by atoms with Crippen LogP contribution in [0.15, 0.2) is 12.1 Å². The predicted molar refractivity (Wildman–Crippen MR) is 95.8 cm³/mol. The van der Waals surface area contributed by atoms with Crippen molar-refractivity contribution in [3.63, 3.8) is 0 Å². The Hall–Kier alpha value is -1.46. The van der Waals surface area contributed by atoms with Gasteiger partial charge in [-0.15, -0.1) is 0 Å². The first kappa shape index (κ1) is 18.3. The van der Waals surface area contributed by atoms with Gasteiger partial charge in [-0.05, 0) is 18.6 Å². The Morgan fingerprint density at radius 3 is 2.72 bits per heavy atom. The van der Waals surface area contributed by atoms with E-state index in [-0.39, 0.29) is 18.3 Å². The molecule has 2 aliphatic heterocycles. The number of ketones is 1. The topological polar surface area (TPSA) is 55.8 Å². The van der Waals surface area contributed by atoms with Crippen molar-refractivity contribution < 1.29 is 19.1 Å². The molecule has 2 heterocycles. The molecule has 0 atom stereocenters. The Morgan fingerprint density at radius 2 is 2.04 bits per heavy atom. The number of fused-ring (bicyclic) bond motifs is 1. The summed E-state index contributed by atoms with van der Waals surface area (Å²) in [6.45, 7) is 3.49. The zero-order valence-corrected chi connectivity index (χ0v) is 15.7. The summed E-state index contributed by atoms with van der Waals surface area (Å²) in [6, 6.07) is 3.17. The SMILES string of the molecule is CCCCOC(=O)N1CCC2(CC1)CC(=O)c1cc(Cl)cc(Cl)c1O2. The van der Waals surface area contributed by atoms with Crippen molar-refractivity contribution in [2.24, 2.45) is 0 Å². The van der Waals surface area contributed by atoms with Crippen LogP contribution in [0.25, 0.3) is 0 Å². The first-order chi connectivity index (χ1) is 11.9. The van der Waals surface area contributed by atoms with E-state index in [1.165, 1.54) is 0 Å². The molecular weight excluding hydrogens is 365 g/mol. The Balaban J connectivity index is 1.67. The number of carbonyl (C=O) groups excluding carboxylic acids is 2. The lowest BCUT2D eigenvalue weighted by Crippen LogP contribution is -2.52. The van der Waals surface area contributed by atoms with Gasteiger partial charge in [-0.1, -0.05) is 36.5 Å². The van der Waals surface area contributed by atoms with Crippen LogP contribution in [0.1, 0.15) is 49.4 Å². The van der Waals surface area contributed by atoms with Crippen LogP contribution in [0.3, 0.4) is 0 Å². The predicted octanol–water partition coefficient (Wildman–Crippen LogP) is 4.73. The van der Waals surface area contributed by atoms with Gasteiger partial charge in [0.1, 0.15) is 11.4 Å². The van der Waals surface area contributed by atoms with E-state index in [1.54, 1.807) is 17.0 Å². The van der Waals surface area contributed by atoms with Gasteiger partial charge in [0.2, 0.25) is 0 Å². The highest BCUT2D eigenvalue weighted by Crippen LogP contribution is 2.44. The highest BCUT2D eigenvalue weighted by molar-refractivity contribution is 6.36. The third-order valence-corrected chi connectivity index (χ3v) is 5.27. The minimum Gasteiger partial charge on any atom is -0.484 e. The fourth-order valence-corrected chi connectivity index (χ4v) is 3.81. The maximum absolute atomic E-state index is 12.6. The van der Waals surface area contributed by atoms with Crippen molar-refractivity contribution in [3.05, 3.63) is 27.7 Å². The minimum absolute atomic E-state index is 0.0235. The average Bonchev–Trinajstić information content (AvgIpc) is 2.57. The van der Waals surface area contributed by atoms with Crippen LogP contribution in [0.5, 0.6) is 5.75 Å². The number of ether oxygens (including phenoxy) is 2. The highest BCUT2D eigenvalue weighted by Gasteiger charge is 2.44. The molecule has 1 aromatic carbocycles. The van der Waals surface area contributed by atoms with Gasteiger partial charge in [0.05, 0.1) is 23.6 Å². The number of unbranched alkanes of at least 4 members (excludes halogenated alkanes) is 1. The Morgan fingerprint density at radius 1 is 1.32 bits per heavy atom. The lowest BCUT2D eigenvalue weighted by Gasteiger charge is -2.43. The molecule has 2 aliphatic rings. The number of amides is 1. The molecule has 25 heavy (non-hydrogen) atoms. The summed E-state index contributed by atoms with van der Waals surface area (Å²) in [7, 11) is 0. The van der Waals surface area contributed by atoms with E-state index >= 15 is 0 Å². The van der Waals surface area contributed by atoms with E-state index in [2.05, 4.69) is 0 Å². The number of piperidine rings is 1. The van der Waals surface area contributed by atoms with Crippen molar-refractivity contribution in [2.75, 3.05) is 19.7 Å². The lowest BCUT2D eigenvalue weighted by molar-refractivity contribution is -0.00907. The smallest absolute Gasteiger partial charge is 0.409 e. The first-order valence-corrected chi connectivity index (χ1v) is 9.33. The second-order valence-electron chi connectivity index (χ2n) is 6.60. The lowest BCUT2D eigenvalue weighted by atomic mass is 9.82. The number of likely N-dealkylation sites (tertiary alicyclic amines) is 1. The van der Waals surface area contributed by atoms with Gasteiger partial charge in [0, 0.05) is 31.0 Å². The fourth-order valence-electron chi connectivity index (χ4n) is 3.28. The quantitative estimate of drug-likeness (QED) is 0.705. The van der Waals surface area contributed by atoms with E-state index < -0.39 is 5.60 Å². The van der Waals surface area contributed by atoms with Crippen molar-refractivity contribution in [2.45, 2.75) is 44.6 Å². The van der Waals surface area contributed by atoms with Crippen LogP contribution in [-0.2, 0) is 4.74 Å². The molecule has 1 saturated heterocycles. The second kappa shape index (κ2) is 7.42. The van der Waals surface area contributed by atoms with Crippen LogP contribution < -0.4 is 4.74 Å². The number of carbonyl (C=O) groups is 2. The molecule has 0 radical (unpaired) electrons. The summed E-state index contributed by atoms with van der Waals surface area (Å²) in [4.78, 5) is 26.3. The Kier molecular flexibility index (Phi) is 5.44. The Bertz CT molecular complexity index is 684. The van der Waals surface area contributed by atoms with Crippen LogP contribution in [0, 0.1) is 0 Å². The maximum atomic E-state index is 12.6. The number of benzene rings is 1. The zero-order chi connectivity index (χ0) is 18.0. The number of hydrogen-bond donors (Lipinski definition) is 0.